The first-order valence-electron chi connectivity index (χ1n) is 7.56. The number of amides is 1. The molecule has 0 spiro atoms. The summed E-state index contributed by atoms with van der Waals surface area (Å²) in [5.74, 6) is -0.144. The number of esters is 1. The van der Waals surface area contributed by atoms with E-state index in [0.29, 0.717) is 19.4 Å². The highest BCUT2D eigenvalue weighted by molar-refractivity contribution is 5.76. The molecule has 0 aliphatic heterocycles. The zero-order chi connectivity index (χ0) is 16.3. The highest BCUT2D eigenvalue weighted by Crippen LogP contribution is 2.37. The fourth-order valence-corrected chi connectivity index (χ4v) is 2.61. The van der Waals surface area contributed by atoms with Gasteiger partial charge in [0.25, 0.3) is 0 Å². The van der Waals surface area contributed by atoms with Crippen molar-refractivity contribution in [3.63, 3.8) is 0 Å². The summed E-state index contributed by atoms with van der Waals surface area (Å²) in [5, 5.41) is 10.5. The first-order valence-corrected chi connectivity index (χ1v) is 7.56. The summed E-state index contributed by atoms with van der Waals surface area (Å²) in [4.78, 5) is 23.3. The fourth-order valence-electron chi connectivity index (χ4n) is 2.61. The number of hydrogen-bond acceptors (Lipinski definition) is 4. The molecule has 0 saturated heterocycles. The smallest absolute Gasteiger partial charge is 0.422 e. The zero-order valence-electron chi connectivity index (χ0n) is 13.7. The normalized spacial score (nSPS) is 26.2. The van der Waals surface area contributed by atoms with Gasteiger partial charge in [0.2, 0.25) is 0 Å². The van der Waals surface area contributed by atoms with Gasteiger partial charge in [-0.25, -0.2) is 15.2 Å². The van der Waals surface area contributed by atoms with E-state index in [2.05, 4.69) is 5.43 Å². The molecule has 2 N–H and O–H groups in total. The molecule has 122 valence electrons. The van der Waals surface area contributed by atoms with Gasteiger partial charge in [0.15, 0.2) is 0 Å². The lowest BCUT2D eigenvalue weighted by Gasteiger charge is -2.40. The molecule has 0 unspecified atom stereocenters. The Morgan fingerprint density at radius 1 is 1.33 bits per heavy atom. The largest absolute Gasteiger partial charge is 0.466 e. The molecule has 1 saturated carbocycles. The third kappa shape index (κ3) is 4.59. The fraction of sp³-hybridized carbons (Fsp3) is 0.867. The maximum absolute atomic E-state index is 12.0. The minimum absolute atomic E-state index is 0.0721. The first-order chi connectivity index (χ1) is 9.60. The van der Waals surface area contributed by atoms with Crippen LogP contribution in [0.1, 0.15) is 60.3 Å². The van der Waals surface area contributed by atoms with E-state index in [9.17, 15) is 14.7 Å². The van der Waals surface area contributed by atoms with Gasteiger partial charge in [0.1, 0.15) is 0 Å². The molecule has 21 heavy (non-hydrogen) atoms. The highest BCUT2D eigenvalue weighted by atomic mass is 16.5. The molecule has 1 rings (SSSR count). The molecule has 1 amide bonds. The van der Waals surface area contributed by atoms with Crippen LogP contribution >= 0.6 is 0 Å². The molecule has 0 aromatic carbocycles. The molecule has 0 atom stereocenters. The van der Waals surface area contributed by atoms with Crippen molar-refractivity contribution in [2.75, 3.05) is 6.61 Å². The van der Waals surface area contributed by atoms with E-state index < -0.39 is 17.0 Å². The van der Waals surface area contributed by atoms with Crippen molar-refractivity contribution in [3.05, 3.63) is 0 Å². The summed E-state index contributed by atoms with van der Waals surface area (Å²) in [6, 6.07) is 0.0721. The van der Waals surface area contributed by atoms with Crippen LogP contribution in [0, 0.1) is 5.41 Å². The molecule has 0 aromatic rings. The Hall–Kier alpha value is -1.30. The van der Waals surface area contributed by atoms with Gasteiger partial charge in [-0.15, -0.1) is 0 Å². The predicted octanol–water partition coefficient (Wildman–Crippen LogP) is 2.78. The van der Waals surface area contributed by atoms with Crippen LogP contribution in [-0.4, -0.2) is 40.4 Å². The number of hydrazine groups is 1. The quantitative estimate of drug-likeness (QED) is 0.616. The van der Waals surface area contributed by atoms with Gasteiger partial charge in [0.05, 0.1) is 17.6 Å². The van der Waals surface area contributed by atoms with Crippen LogP contribution < -0.4 is 5.43 Å². The Bertz CT molecular complexity index is 382. The van der Waals surface area contributed by atoms with Crippen LogP contribution in [0.5, 0.6) is 0 Å². The lowest BCUT2D eigenvalue weighted by Crippen LogP contribution is -2.57. The average molecular weight is 300 g/mol. The standard InChI is InChI=1S/C15H28N2O4/c1-6-21-12(18)15(5)9-7-11(8-10-15)16-17(13(19)20)14(2,3)4/h11,16H,6-10H2,1-5H3,(H,19,20)/t11-,15-. The molecule has 0 heterocycles. The molecular formula is C15H28N2O4. The minimum atomic E-state index is -0.985. The topological polar surface area (TPSA) is 78.9 Å². The van der Waals surface area contributed by atoms with Crippen molar-refractivity contribution >= 4 is 12.1 Å². The monoisotopic (exact) mass is 300 g/mol. The third-order valence-electron chi connectivity index (χ3n) is 4.03. The molecule has 6 nitrogen and oxygen atoms in total. The summed E-state index contributed by atoms with van der Waals surface area (Å²) < 4.78 is 5.13. The van der Waals surface area contributed by atoms with Crippen LogP contribution in [0.2, 0.25) is 0 Å². The van der Waals surface area contributed by atoms with Gasteiger partial charge >= 0.3 is 12.1 Å². The molecule has 6 heteroatoms. The molecule has 1 aliphatic carbocycles. The Morgan fingerprint density at radius 2 is 1.86 bits per heavy atom. The summed E-state index contributed by atoms with van der Waals surface area (Å²) in [5.41, 5.74) is 2.14. The highest BCUT2D eigenvalue weighted by Gasteiger charge is 2.40. The Morgan fingerprint density at radius 3 is 2.24 bits per heavy atom. The van der Waals surface area contributed by atoms with Crippen LogP contribution in [-0.2, 0) is 9.53 Å². The third-order valence-corrected chi connectivity index (χ3v) is 4.03. The van der Waals surface area contributed by atoms with Gasteiger partial charge in [0, 0.05) is 6.04 Å². The van der Waals surface area contributed by atoms with Crippen molar-refractivity contribution in [3.8, 4) is 0 Å². The second-order valence-electron chi connectivity index (χ2n) is 6.97. The molecule has 0 bridgehead atoms. The van der Waals surface area contributed by atoms with Crippen molar-refractivity contribution in [2.24, 2.45) is 5.41 Å². The SMILES string of the molecule is CCOC(=O)[C@]1(C)CC[C@@H](NN(C(=O)O)C(C)(C)C)CC1. The Balaban J connectivity index is 2.60. The van der Waals surface area contributed by atoms with Crippen molar-refractivity contribution in [2.45, 2.75) is 71.9 Å². The number of carbonyl (C=O) groups is 2. The number of nitrogens with zero attached hydrogens (tertiary/aromatic N) is 1. The summed E-state index contributed by atoms with van der Waals surface area (Å²) in [6.07, 6.45) is 1.95. The first kappa shape index (κ1) is 17.8. The molecule has 1 fully saturated rings. The van der Waals surface area contributed by atoms with Crippen molar-refractivity contribution < 1.29 is 19.4 Å². The molecule has 1 aliphatic rings. The van der Waals surface area contributed by atoms with E-state index in [1.807, 2.05) is 34.6 Å². The average Bonchev–Trinajstić information content (AvgIpc) is 2.36. The maximum Gasteiger partial charge on any atom is 0.422 e. The summed E-state index contributed by atoms with van der Waals surface area (Å²) in [7, 11) is 0. The Kier molecular flexibility index (Phi) is 5.61. The second kappa shape index (κ2) is 6.64. The van der Waals surface area contributed by atoms with Crippen molar-refractivity contribution in [1.82, 2.24) is 10.4 Å². The summed E-state index contributed by atoms with van der Waals surface area (Å²) >= 11 is 0. The van der Waals surface area contributed by atoms with Crippen LogP contribution in [0.25, 0.3) is 0 Å². The van der Waals surface area contributed by atoms with Crippen LogP contribution in [0.15, 0.2) is 0 Å². The predicted molar refractivity (Wildman–Crippen MR) is 79.7 cm³/mol. The molecule has 0 radical (unpaired) electrons. The van der Waals surface area contributed by atoms with Gasteiger partial charge < -0.3 is 9.84 Å². The van der Waals surface area contributed by atoms with Gasteiger partial charge in [-0.1, -0.05) is 0 Å². The lowest BCUT2D eigenvalue weighted by molar-refractivity contribution is -0.156. The number of nitrogens with one attached hydrogen (secondary N) is 1. The van der Waals surface area contributed by atoms with E-state index in [-0.39, 0.29) is 12.0 Å². The van der Waals surface area contributed by atoms with E-state index in [4.69, 9.17) is 4.74 Å². The number of carboxylic acid groups (broad SMARTS) is 1. The van der Waals surface area contributed by atoms with Gasteiger partial charge in [-0.2, -0.15) is 0 Å². The van der Waals surface area contributed by atoms with Crippen LogP contribution in [0.4, 0.5) is 4.79 Å². The number of ether oxygens (including phenoxy) is 1. The van der Waals surface area contributed by atoms with E-state index in [0.717, 1.165) is 12.8 Å². The van der Waals surface area contributed by atoms with Gasteiger partial charge in [-0.3, -0.25) is 4.79 Å². The molecular weight excluding hydrogens is 272 g/mol. The minimum Gasteiger partial charge on any atom is -0.466 e. The van der Waals surface area contributed by atoms with Crippen LogP contribution in [0.3, 0.4) is 0 Å². The molecule has 0 aromatic heterocycles. The van der Waals surface area contributed by atoms with E-state index in [1.54, 1.807) is 0 Å². The lowest BCUT2D eigenvalue weighted by atomic mass is 9.74. The number of rotatable bonds is 4. The second-order valence-corrected chi connectivity index (χ2v) is 6.97. The maximum atomic E-state index is 12.0. The van der Waals surface area contributed by atoms with E-state index in [1.165, 1.54) is 5.01 Å². The van der Waals surface area contributed by atoms with Gasteiger partial charge in [-0.05, 0) is 60.3 Å². The summed E-state index contributed by atoms with van der Waals surface area (Å²) in [6.45, 7) is 9.67. The van der Waals surface area contributed by atoms with Crippen molar-refractivity contribution in [1.29, 1.82) is 0 Å². The Labute approximate surface area is 126 Å². The zero-order valence-corrected chi connectivity index (χ0v) is 13.7. The number of hydrogen-bond donors (Lipinski definition) is 2. The van der Waals surface area contributed by atoms with E-state index >= 15 is 0 Å². The number of carbonyl (C=O) groups excluding carboxylic acids is 1.